The van der Waals surface area contributed by atoms with E-state index in [4.69, 9.17) is 4.74 Å². The summed E-state index contributed by atoms with van der Waals surface area (Å²) >= 11 is 0. The lowest BCUT2D eigenvalue weighted by Crippen LogP contribution is -2.47. The minimum Gasteiger partial charge on any atom is -0.497 e. The van der Waals surface area contributed by atoms with Gasteiger partial charge in [0.25, 0.3) is 0 Å². The number of hydrogen-bond acceptors (Lipinski definition) is 4. The smallest absolute Gasteiger partial charge is 0.220 e. The third kappa shape index (κ3) is 6.77. The summed E-state index contributed by atoms with van der Waals surface area (Å²) in [6.07, 6.45) is 3.42. The molecule has 0 spiro atoms. The number of piperazine rings is 1. The molecule has 1 amide bonds. The zero-order chi connectivity index (χ0) is 21.2. The van der Waals surface area contributed by atoms with Crippen molar-refractivity contribution in [2.75, 3.05) is 51.3 Å². The number of methoxy groups -OCH3 is 1. The van der Waals surface area contributed by atoms with Crippen molar-refractivity contribution in [3.63, 3.8) is 0 Å². The second kappa shape index (κ2) is 11.6. The summed E-state index contributed by atoms with van der Waals surface area (Å²) in [6.45, 7) is 8.15. The molecule has 0 atom stereocenters. The Balaban J connectivity index is 1.27. The van der Waals surface area contributed by atoms with Crippen molar-refractivity contribution < 1.29 is 9.53 Å². The molecular formula is C25H35N3O2. The van der Waals surface area contributed by atoms with Crippen LogP contribution in [-0.4, -0.2) is 57.2 Å². The van der Waals surface area contributed by atoms with Gasteiger partial charge in [-0.2, -0.15) is 0 Å². The van der Waals surface area contributed by atoms with Gasteiger partial charge < -0.3 is 15.0 Å². The summed E-state index contributed by atoms with van der Waals surface area (Å²) in [5.41, 5.74) is 3.83. The molecule has 0 unspecified atom stereocenters. The molecule has 1 saturated heterocycles. The summed E-state index contributed by atoms with van der Waals surface area (Å²) < 4.78 is 5.23. The van der Waals surface area contributed by atoms with Gasteiger partial charge in [-0.1, -0.05) is 31.2 Å². The van der Waals surface area contributed by atoms with Gasteiger partial charge in [-0.3, -0.25) is 9.69 Å². The van der Waals surface area contributed by atoms with E-state index in [-0.39, 0.29) is 5.91 Å². The van der Waals surface area contributed by atoms with Gasteiger partial charge in [-0.15, -0.1) is 0 Å². The van der Waals surface area contributed by atoms with Crippen LogP contribution in [0.15, 0.2) is 48.5 Å². The second-order valence-corrected chi connectivity index (χ2v) is 7.90. The second-order valence-electron chi connectivity index (χ2n) is 7.90. The van der Waals surface area contributed by atoms with Gasteiger partial charge in [0.1, 0.15) is 5.75 Å². The number of benzene rings is 2. The highest BCUT2D eigenvalue weighted by Crippen LogP contribution is 2.20. The lowest BCUT2D eigenvalue weighted by atomic mass is 10.1. The van der Waals surface area contributed by atoms with Crippen LogP contribution in [0.5, 0.6) is 5.75 Å². The topological polar surface area (TPSA) is 44.8 Å². The van der Waals surface area contributed by atoms with Gasteiger partial charge in [0.05, 0.1) is 7.11 Å². The number of amides is 1. The lowest BCUT2D eigenvalue weighted by molar-refractivity contribution is -0.121. The molecule has 5 heteroatoms. The molecule has 0 aromatic heterocycles. The number of aryl methyl sites for hydroxylation is 2. The molecular weight excluding hydrogens is 374 g/mol. The molecule has 3 rings (SSSR count). The van der Waals surface area contributed by atoms with Gasteiger partial charge in [-0.05, 0) is 61.2 Å². The van der Waals surface area contributed by atoms with Crippen LogP contribution in [0.4, 0.5) is 5.69 Å². The predicted molar refractivity (Wildman–Crippen MR) is 123 cm³/mol. The molecule has 30 heavy (non-hydrogen) atoms. The Morgan fingerprint density at radius 2 is 1.63 bits per heavy atom. The van der Waals surface area contributed by atoms with Crippen molar-refractivity contribution in [3.8, 4) is 5.75 Å². The summed E-state index contributed by atoms with van der Waals surface area (Å²) in [5.74, 6) is 1.05. The molecule has 1 fully saturated rings. The molecule has 0 bridgehead atoms. The highest BCUT2D eigenvalue weighted by Gasteiger charge is 2.16. The third-order valence-corrected chi connectivity index (χ3v) is 5.86. The maximum atomic E-state index is 12.1. The van der Waals surface area contributed by atoms with Crippen LogP contribution in [0.25, 0.3) is 0 Å². The van der Waals surface area contributed by atoms with Crippen LogP contribution in [0.1, 0.15) is 30.9 Å². The maximum absolute atomic E-state index is 12.1. The molecule has 0 aliphatic carbocycles. The Kier molecular flexibility index (Phi) is 8.57. The van der Waals surface area contributed by atoms with Crippen LogP contribution in [0, 0.1) is 0 Å². The van der Waals surface area contributed by atoms with Gasteiger partial charge in [0, 0.05) is 44.8 Å². The molecule has 162 valence electrons. The first-order valence-corrected chi connectivity index (χ1v) is 11.1. The maximum Gasteiger partial charge on any atom is 0.220 e. The van der Waals surface area contributed by atoms with Gasteiger partial charge in [0.15, 0.2) is 0 Å². The van der Waals surface area contributed by atoms with Crippen molar-refractivity contribution >= 4 is 11.6 Å². The van der Waals surface area contributed by atoms with E-state index in [2.05, 4.69) is 58.4 Å². The molecule has 5 nitrogen and oxygen atoms in total. The van der Waals surface area contributed by atoms with E-state index in [1.165, 1.54) is 16.8 Å². The minimum atomic E-state index is 0.152. The number of ether oxygens (including phenoxy) is 1. The molecule has 0 saturated carbocycles. The zero-order valence-electron chi connectivity index (χ0n) is 18.4. The fourth-order valence-corrected chi connectivity index (χ4v) is 3.84. The Hall–Kier alpha value is -2.53. The number of nitrogens with zero attached hydrogens (tertiary/aromatic N) is 2. The van der Waals surface area contributed by atoms with Gasteiger partial charge >= 0.3 is 0 Å². The molecule has 2 aromatic carbocycles. The van der Waals surface area contributed by atoms with E-state index in [0.29, 0.717) is 6.42 Å². The number of hydrogen-bond donors (Lipinski definition) is 1. The average Bonchev–Trinajstić information content (AvgIpc) is 2.81. The fourth-order valence-electron chi connectivity index (χ4n) is 3.84. The third-order valence-electron chi connectivity index (χ3n) is 5.86. The summed E-state index contributed by atoms with van der Waals surface area (Å²) in [6, 6.07) is 16.9. The van der Waals surface area contributed by atoms with E-state index >= 15 is 0 Å². The van der Waals surface area contributed by atoms with E-state index < -0.39 is 0 Å². The Labute approximate surface area is 181 Å². The SMILES string of the molecule is CCc1ccc(CCC(=O)NCCCN2CCN(c3ccc(OC)cc3)CC2)cc1. The summed E-state index contributed by atoms with van der Waals surface area (Å²) in [7, 11) is 1.70. The number of carbonyl (C=O) groups is 1. The zero-order valence-corrected chi connectivity index (χ0v) is 18.4. The van der Waals surface area contributed by atoms with Gasteiger partial charge in [-0.25, -0.2) is 0 Å². The highest BCUT2D eigenvalue weighted by atomic mass is 16.5. The lowest BCUT2D eigenvalue weighted by Gasteiger charge is -2.36. The molecule has 1 aliphatic rings. The van der Waals surface area contributed by atoms with Crippen molar-refractivity contribution in [1.29, 1.82) is 0 Å². The van der Waals surface area contributed by atoms with Crippen LogP contribution in [0.3, 0.4) is 0 Å². The first kappa shape index (κ1) is 22.2. The first-order chi connectivity index (χ1) is 14.7. The van der Waals surface area contributed by atoms with Crippen molar-refractivity contribution in [2.45, 2.75) is 32.6 Å². The Morgan fingerprint density at radius 1 is 0.967 bits per heavy atom. The average molecular weight is 410 g/mol. The number of rotatable bonds is 10. The molecule has 0 radical (unpaired) electrons. The van der Waals surface area contributed by atoms with E-state index in [1.54, 1.807) is 7.11 Å². The minimum absolute atomic E-state index is 0.152. The summed E-state index contributed by atoms with van der Waals surface area (Å²) in [4.78, 5) is 17.0. The predicted octanol–water partition coefficient (Wildman–Crippen LogP) is 3.52. The number of carbonyl (C=O) groups excluding carboxylic acids is 1. The van der Waals surface area contributed by atoms with Crippen LogP contribution in [0.2, 0.25) is 0 Å². The normalized spacial score (nSPS) is 14.5. The Bertz CT molecular complexity index is 766. The monoisotopic (exact) mass is 409 g/mol. The largest absolute Gasteiger partial charge is 0.497 e. The van der Waals surface area contributed by atoms with Crippen LogP contribution in [-0.2, 0) is 17.6 Å². The first-order valence-electron chi connectivity index (χ1n) is 11.1. The summed E-state index contributed by atoms with van der Waals surface area (Å²) in [5, 5.41) is 3.07. The fraction of sp³-hybridized carbons (Fsp3) is 0.480. The standard InChI is InChI=1S/C25H35N3O2/c1-3-21-5-7-22(8-6-21)9-14-25(29)26-15-4-16-27-17-19-28(20-18-27)23-10-12-24(30-2)13-11-23/h5-8,10-13H,3-4,9,14-20H2,1-2H3,(H,26,29). The molecule has 1 N–H and O–H groups in total. The highest BCUT2D eigenvalue weighted by molar-refractivity contribution is 5.76. The van der Waals surface area contributed by atoms with Crippen molar-refractivity contribution in [3.05, 3.63) is 59.7 Å². The van der Waals surface area contributed by atoms with Crippen molar-refractivity contribution in [1.82, 2.24) is 10.2 Å². The van der Waals surface area contributed by atoms with E-state index in [1.807, 2.05) is 12.1 Å². The number of nitrogens with one attached hydrogen (secondary N) is 1. The molecule has 1 aliphatic heterocycles. The van der Waals surface area contributed by atoms with Crippen LogP contribution < -0.4 is 15.0 Å². The van der Waals surface area contributed by atoms with Crippen molar-refractivity contribution in [2.24, 2.45) is 0 Å². The van der Waals surface area contributed by atoms with Gasteiger partial charge in [0.2, 0.25) is 5.91 Å². The van der Waals surface area contributed by atoms with E-state index in [0.717, 1.165) is 64.3 Å². The quantitative estimate of drug-likeness (QED) is 0.610. The molecule has 2 aromatic rings. The van der Waals surface area contributed by atoms with Crippen LogP contribution >= 0.6 is 0 Å². The molecule has 1 heterocycles. The number of anilines is 1. The van der Waals surface area contributed by atoms with E-state index in [9.17, 15) is 4.79 Å². The Morgan fingerprint density at radius 3 is 2.27 bits per heavy atom.